The smallest absolute Gasteiger partial charge is 0.413 e. The van der Waals surface area contributed by atoms with Crippen LogP contribution >= 0.6 is 11.3 Å². The van der Waals surface area contributed by atoms with Crippen LogP contribution in [0, 0.1) is 11.6 Å². The summed E-state index contributed by atoms with van der Waals surface area (Å²) in [6.45, 7) is 5.25. The van der Waals surface area contributed by atoms with Crippen molar-refractivity contribution in [2.45, 2.75) is 26.4 Å². The first-order valence-corrected chi connectivity index (χ1v) is 8.92. The number of nitrogens with zero attached hydrogens (tertiary/aromatic N) is 2. The molecule has 0 fully saturated rings. The van der Waals surface area contributed by atoms with Crippen molar-refractivity contribution in [1.82, 2.24) is 9.97 Å². The number of ether oxygens (including phenoxy) is 1. The number of anilines is 1. The standard InChI is InChI=1S/C19H17F2N3O2S/c1-19(2,3)26-18(25)24-17-23-15(11-7-8-12(20)13(21)10-11)16(27-17)14-6-4-5-9-22-14/h4-10H,1-3H3,(H,23,24,25). The molecule has 27 heavy (non-hydrogen) atoms. The molecule has 0 radical (unpaired) electrons. The molecule has 2 heterocycles. The van der Waals surface area contributed by atoms with Crippen LogP contribution in [0.15, 0.2) is 42.6 Å². The lowest BCUT2D eigenvalue weighted by molar-refractivity contribution is 0.0636. The molecule has 2 aromatic heterocycles. The van der Waals surface area contributed by atoms with Gasteiger partial charge in [-0.25, -0.2) is 18.6 Å². The molecule has 0 spiro atoms. The van der Waals surface area contributed by atoms with Gasteiger partial charge < -0.3 is 4.74 Å². The van der Waals surface area contributed by atoms with Gasteiger partial charge in [0, 0.05) is 11.8 Å². The Hall–Kier alpha value is -2.87. The molecule has 1 N–H and O–H groups in total. The normalized spacial score (nSPS) is 11.3. The minimum Gasteiger partial charge on any atom is -0.444 e. The Bertz CT molecular complexity index is 969. The van der Waals surface area contributed by atoms with Gasteiger partial charge in [0.2, 0.25) is 0 Å². The zero-order chi connectivity index (χ0) is 19.6. The molecule has 5 nitrogen and oxygen atoms in total. The second-order valence-corrected chi connectivity index (χ2v) is 7.67. The zero-order valence-electron chi connectivity index (χ0n) is 14.9. The lowest BCUT2D eigenvalue weighted by Gasteiger charge is -2.18. The maximum atomic E-state index is 13.7. The molecule has 140 valence electrons. The number of halogens is 2. The summed E-state index contributed by atoms with van der Waals surface area (Å²) in [6.07, 6.45) is 0.964. The van der Waals surface area contributed by atoms with Crippen molar-refractivity contribution in [3.05, 3.63) is 54.2 Å². The van der Waals surface area contributed by atoms with Crippen LogP contribution in [0.4, 0.5) is 18.7 Å². The third-order valence-electron chi connectivity index (χ3n) is 3.33. The van der Waals surface area contributed by atoms with Crippen LogP contribution in [0.2, 0.25) is 0 Å². The van der Waals surface area contributed by atoms with Crippen molar-refractivity contribution in [2.24, 2.45) is 0 Å². The number of aromatic nitrogens is 2. The van der Waals surface area contributed by atoms with Crippen molar-refractivity contribution in [1.29, 1.82) is 0 Å². The van der Waals surface area contributed by atoms with Crippen molar-refractivity contribution in [3.8, 4) is 21.8 Å². The van der Waals surface area contributed by atoms with Crippen molar-refractivity contribution >= 4 is 22.6 Å². The quantitative estimate of drug-likeness (QED) is 0.643. The van der Waals surface area contributed by atoms with Crippen molar-refractivity contribution < 1.29 is 18.3 Å². The van der Waals surface area contributed by atoms with Gasteiger partial charge in [-0.15, -0.1) is 0 Å². The number of hydrogen-bond donors (Lipinski definition) is 1. The van der Waals surface area contributed by atoms with Gasteiger partial charge in [0.1, 0.15) is 5.60 Å². The van der Waals surface area contributed by atoms with E-state index >= 15 is 0 Å². The molecule has 1 aromatic carbocycles. The molecule has 0 bridgehead atoms. The Balaban J connectivity index is 2.01. The molecule has 0 aliphatic rings. The van der Waals surface area contributed by atoms with Gasteiger partial charge in [0.05, 0.1) is 16.3 Å². The minimum absolute atomic E-state index is 0.268. The van der Waals surface area contributed by atoms with E-state index in [4.69, 9.17) is 4.74 Å². The van der Waals surface area contributed by atoms with Gasteiger partial charge in [-0.05, 0) is 51.1 Å². The van der Waals surface area contributed by atoms with Crippen LogP contribution in [-0.2, 0) is 4.74 Å². The van der Waals surface area contributed by atoms with Gasteiger partial charge >= 0.3 is 6.09 Å². The predicted molar refractivity (Wildman–Crippen MR) is 101 cm³/mol. The maximum Gasteiger partial charge on any atom is 0.413 e. The number of carbonyl (C=O) groups is 1. The Morgan fingerprint density at radius 3 is 2.56 bits per heavy atom. The molecule has 0 unspecified atom stereocenters. The Kier molecular flexibility index (Phi) is 5.18. The highest BCUT2D eigenvalue weighted by molar-refractivity contribution is 7.19. The van der Waals surface area contributed by atoms with Crippen LogP contribution < -0.4 is 5.32 Å². The van der Waals surface area contributed by atoms with Crippen LogP contribution in [-0.4, -0.2) is 21.7 Å². The van der Waals surface area contributed by atoms with E-state index in [1.165, 1.54) is 17.4 Å². The zero-order valence-corrected chi connectivity index (χ0v) is 15.7. The van der Waals surface area contributed by atoms with Gasteiger partial charge in [-0.3, -0.25) is 10.3 Å². The fraction of sp³-hybridized carbons (Fsp3) is 0.211. The highest BCUT2D eigenvalue weighted by atomic mass is 32.1. The number of hydrogen-bond acceptors (Lipinski definition) is 5. The molecular formula is C19H17F2N3O2S. The summed E-state index contributed by atoms with van der Waals surface area (Å²) in [5, 5.41) is 2.84. The van der Waals surface area contributed by atoms with E-state index in [9.17, 15) is 13.6 Å². The van der Waals surface area contributed by atoms with Crippen LogP contribution in [0.3, 0.4) is 0 Å². The first kappa shape index (κ1) is 18.9. The van der Waals surface area contributed by atoms with Crippen molar-refractivity contribution in [2.75, 3.05) is 5.32 Å². The minimum atomic E-state index is -0.978. The van der Waals surface area contributed by atoms with E-state index in [0.717, 1.165) is 12.1 Å². The molecule has 0 atom stereocenters. The van der Waals surface area contributed by atoms with E-state index in [-0.39, 0.29) is 5.13 Å². The second-order valence-electron chi connectivity index (χ2n) is 6.67. The van der Waals surface area contributed by atoms with E-state index in [0.29, 0.717) is 21.8 Å². The summed E-state index contributed by atoms with van der Waals surface area (Å²) in [7, 11) is 0. The molecule has 1 amide bonds. The fourth-order valence-corrected chi connectivity index (χ4v) is 3.22. The number of carbonyl (C=O) groups excluding carboxylic acids is 1. The fourth-order valence-electron chi connectivity index (χ4n) is 2.27. The summed E-state index contributed by atoms with van der Waals surface area (Å²) < 4.78 is 32.2. The van der Waals surface area contributed by atoms with E-state index < -0.39 is 23.3 Å². The lowest BCUT2D eigenvalue weighted by atomic mass is 10.1. The number of benzene rings is 1. The van der Waals surface area contributed by atoms with E-state index in [1.54, 1.807) is 45.2 Å². The lowest BCUT2D eigenvalue weighted by Crippen LogP contribution is -2.27. The summed E-state index contributed by atoms with van der Waals surface area (Å²) >= 11 is 1.17. The molecule has 0 saturated heterocycles. The topological polar surface area (TPSA) is 64.1 Å². The van der Waals surface area contributed by atoms with Crippen LogP contribution in [0.5, 0.6) is 0 Å². The highest BCUT2D eigenvalue weighted by Gasteiger charge is 2.21. The van der Waals surface area contributed by atoms with Crippen LogP contribution in [0.25, 0.3) is 21.8 Å². The van der Waals surface area contributed by atoms with Gasteiger partial charge in [-0.2, -0.15) is 0 Å². The van der Waals surface area contributed by atoms with Crippen LogP contribution in [0.1, 0.15) is 20.8 Å². The molecule has 0 aliphatic carbocycles. The Morgan fingerprint density at radius 2 is 1.93 bits per heavy atom. The monoisotopic (exact) mass is 389 g/mol. The molecule has 8 heteroatoms. The summed E-state index contributed by atoms with van der Waals surface area (Å²) in [5.41, 5.74) is 0.715. The largest absolute Gasteiger partial charge is 0.444 e. The highest BCUT2D eigenvalue weighted by Crippen LogP contribution is 2.38. The van der Waals surface area contributed by atoms with E-state index in [1.807, 2.05) is 0 Å². The number of amides is 1. The average molecular weight is 389 g/mol. The van der Waals surface area contributed by atoms with Gasteiger partial charge in [-0.1, -0.05) is 17.4 Å². The number of rotatable bonds is 3. The first-order chi connectivity index (χ1) is 12.7. The Labute approximate surface area is 159 Å². The summed E-state index contributed by atoms with van der Waals surface area (Å²) in [5.74, 6) is -1.92. The number of nitrogens with one attached hydrogen (secondary N) is 1. The van der Waals surface area contributed by atoms with Gasteiger partial charge in [0.15, 0.2) is 16.8 Å². The first-order valence-electron chi connectivity index (χ1n) is 8.10. The molecule has 0 saturated carbocycles. The molecular weight excluding hydrogens is 372 g/mol. The SMILES string of the molecule is CC(C)(C)OC(=O)Nc1nc(-c2ccc(F)c(F)c2)c(-c2ccccn2)s1. The number of thiazole rings is 1. The second kappa shape index (κ2) is 7.40. The molecule has 3 rings (SSSR count). The van der Waals surface area contributed by atoms with Gasteiger partial charge in [0.25, 0.3) is 0 Å². The maximum absolute atomic E-state index is 13.7. The third-order valence-corrected chi connectivity index (χ3v) is 4.32. The Morgan fingerprint density at radius 1 is 1.15 bits per heavy atom. The molecule has 0 aliphatic heterocycles. The molecule has 3 aromatic rings. The van der Waals surface area contributed by atoms with E-state index in [2.05, 4.69) is 15.3 Å². The summed E-state index contributed by atoms with van der Waals surface area (Å²) in [6, 6.07) is 8.87. The third kappa shape index (κ3) is 4.65. The summed E-state index contributed by atoms with van der Waals surface area (Å²) in [4.78, 5) is 21.3. The predicted octanol–water partition coefficient (Wildman–Crippen LogP) is 5.50. The van der Waals surface area contributed by atoms with Crippen molar-refractivity contribution in [3.63, 3.8) is 0 Å². The average Bonchev–Trinajstić information content (AvgIpc) is 3.00. The number of pyridine rings is 1.